The third-order valence-electron chi connectivity index (χ3n) is 2.07. The summed E-state index contributed by atoms with van der Waals surface area (Å²) in [7, 11) is -1.42. The summed E-state index contributed by atoms with van der Waals surface area (Å²) < 4.78 is 30.7. The highest BCUT2D eigenvalue weighted by Crippen LogP contribution is 2.31. The molecule has 1 aromatic carbocycles. The molecule has 2 N–H and O–H groups in total. The number of fused-ring (bicyclic) bond motifs is 1. The number of hydrogen-bond acceptors (Lipinski definition) is 3. The molecule has 0 spiro atoms. The molecule has 1 aromatic rings. The van der Waals surface area contributed by atoms with Crippen LogP contribution in [0.25, 0.3) is 0 Å². The summed E-state index contributed by atoms with van der Waals surface area (Å²) in [4.78, 5) is 0. The minimum atomic E-state index is -1.42. The van der Waals surface area contributed by atoms with Crippen LogP contribution in [0.2, 0.25) is 5.02 Å². The van der Waals surface area contributed by atoms with E-state index in [0.29, 0.717) is 0 Å². The Balaban J connectivity index is 2.77. The molecule has 0 aliphatic carbocycles. The lowest BCUT2D eigenvalue weighted by Crippen LogP contribution is -2.30. The molecule has 0 saturated heterocycles. The van der Waals surface area contributed by atoms with Gasteiger partial charge in [0.05, 0.1) is 11.6 Å². The molecule has 14 heavy (non-hydrogen) atoms. The first kappa shape index (κ1) is 9.70. The highest BCUT2D eigenvalue weighted by atomic mass is 35.5. The van der Waals surface area contributed by atoms with Crippen LogP contribution in [0.5, 0.6) is 5.75 Å². The van der Waals surface area contributed by atoms with Gasteiger partial charge < -0.3 is 14.8 Å². The van der Waals surface area contributed by atoms with Crippen molar-refractivity contribution in [3.8, 4) is 5.75 Å². The molecule has 3 nitrogen and oxygen atoms in total. The van der Waals surface area contributed by atoms with Gasteiger partial charge in [0.25, 0.3) is 0 Å². The molecule has 7 heteroatoms. The van der Waals surface area contributed by atoms with Crippen molar-refractivity contribution in [1.82, 2.24) is 0 Å². The van der Waals surface area contributed by atoms with Gasteiger partial charge in [0.2, 0.25) is 5.82 Å². The summed E-state index contributed by atoms with van der Waals surface area (Å²) in [6, 6.07) is 0. The summed E-state index contributed by atoms with van der Waals surface area (Å²) >= 11 is 5.51. The summed E-state index contributed by atoms with van der Waals surface area (Å²) in [5, 5.41) is 17.8. The summed E-state index contributed by atoms with van der Waals surface area (Å²) in [5.74, 6) is -3.67. The van der Waals surface area contributed by atoms with Crippen molar-refractivity contribution in [2.45, 2.75) is 6.61 Å². The zero-order valence-corrected chi connectivity index (χ0v) is 7.48. The van der Waals surface area contributed by atoms with Crippen LogP contribution in [0.4, 0.5) is 8.78 Å². The van der Waals surface area contributed by atoms with Crippen LogP contribution in [-0.4, -0.2) is 17.2 Å². The molecule has 1 heterocycles. The van der Waals surface area contributed by atoms with Gasteiger partial charge in [0.15, 0.2) is 11.6 Å². The fraction of sp³-hybridized carbons (Fsp3) is 0.143. The van der Waals surface area contributed by atoms with Crippen LogP contribution in [0, 0.1) is 11.6 Å². The lowest BCUT2D eigenvalue weighted by atomic mass is 9.79. The molecule has 0 amide bonds. The molecule has 0 bridgehead atoms. The van der Waals surface area contributed by atoms with Crippen molar-refractivity contribution in [3.63, 3.8) is 0 Å². The smallest absolute Gasteiger partial charge is 0.493 e. The predicted molar refractivity (Wildman–Crippen MR) is 45.4 cm³/mol. The van der Waals surface area contributed by atoms with Gasteiger partial charge in [-0.15, -0.1) is 0 Å². The lowest BCUT2D eigenvalue weighted by molar-refractivity contribution is 0.271. The van der Waals surface area contributed by atoms with Crippen molar-refractivity contribution in [3.05, 3.63) is 22.2 Å². The maximum absolute atomic E-state index is 13.1. The van der Waals surface area contributed by atoms with Crippen LogP contribution in [0.3, 0.4) is 0 Å². The van der Waals surface area contributed by atoms with Gasteiger partial charge in [0, 0.05) is 11.0 Å². The predicted octanol–water partition coefficient (Wildman–Crippen LogP) is 0.541. The van der Waals surface area contributed by atoms with Crippen LogP contribution in [0.1, 0.15) is 5.56 Å². The van der Waals surface area contributed by atoms with E-state index in [4.69, 9.17) is 16.7 Å². The highest BCUT2D eigenvalue weighted by molar-refractivity contribution is 6.65. The summed E-state index contributed by atoms with van der Waals surface area (Å²) in [6.07, 6.45) is 0. The monoisotopic (exact) mass is 220 g/mol. The number of phenols is 1. The number of aromatic hydroxyl groups is 1. The first-order valence-corrected chi connectivity index (χ1v) is 4.09. The Kier molecular flexibility index (Phi) is 2.13. The minimum Gasteiger partial charge on any atom is -0.504 e. The van der Waals surface area contributed by atoms with Crippen molar-refractivity contribution >= 4 is 24.2 Å². The average Bonchev–Trinajstić information content (AvgIpc) is 2.54. The maximum Gasteiger partial charge on any atom is 0.493 e. The molecule has 0 atom stereocenters. The highest BCUT2D eigenvalue weighted by Gasteiger charge is 2.36. The van der Waals surface area contributed by atoms with E-state index in [1.165, 1.54) is 0 Å². The summed E-state index contributed by atoms with van der Waals surface area (Å²) in [5.41, 5.74) is -0.263. The van der Waals surface area contributed by atoms with Gasteiger partial charge in [-0.1, -0.05) is 11.6 Å². The van der Waals surface area contributed by atoms with E-state index in [0.717, 1.165) is 0 Å². The van der Waals surface area contributed by atoms with E-state index in [1.807, 2.05) is 0 Å². The molecule has 0 saturated carbocycles. The minimum absolute atomic E-state index is 0.108. The second kappa shape index (κ2) is 3.08. The first-order chi connectivity index (χ1) is 6.54. The average molecular weight is 220 g/mol. The second-order valence-electron chi connectivity index (χ2n) is 2.85. The standard InChI is InChI=1S/C7H4BClF2O3/c9-4-3-2(1-14-8(3)13)5(10)6(11)7(4)12/h12-13H,1H2. The molecule has 0 aromatic heterocycles. The van der Waals surface area contributed by atoms with E-state index in [1.54, 1.807) is 0 Å². The van der Waals surface area contributed by atoms with Crippen molar-refractivity contribution in [2.75, 3.05) is 0 Å². The largest absolute Gasteiger partial charge is 0.504 e. The SMILES string of the molecule is OB1OCc2c(F)c(F)c(O)c(Cl)c21. The van der Waals surface area contributed by atoms with E-state index >= 15 is 0 Å². The Bertz CT molecular complexity index is 413. The number of hydrogen-bond donors (Lipinski definition) is 2. The van der Waals surface area contributed by atoms with E-state index in [2.05, 4.69) is 4.65 Å². The Hall–Kier alpha value is -0.845. The fourth-order valence-electron chi connectivity index (χ4n) is 1.36. The van der Waals surface area contributed by atoms with E-state index in [-0.39, 0.29) is 17.6 Å². The van der Waals surface area contributed by atoms with Crippen molar-refractivity contribution in [2.24, 2.45) is 0 Å². The third-order valence-corrected chi connectivity index (χ3v) is 2.45. The van der Waals surface area contributed by atoms with Gasteiger partial charge in [-0.05, 0) is 0 Å². The molecular weight excluding hydrogens is 216 g/mol. The zero-order chi connectivity index (χ0) is 10.5. The van der Waals surface area contributed by atoms with Crippen LogP contribution >= 0.6 is 11.6 Å². The van der Waals surface area contributed by atoms with Gasteiger partial charge in [0.1, 0.15) is 0 Å². The molecule has 2 rings (SSSR count). The molecule has 0 fully saturated rings. The van der Waals surface area contributed by atoms with E-state index < -0.39 is 29.5 Å². The normalized spacial score (nSPS) is 14.7. The van der Waals surface area contributed by atoms with Gasteiger partial charge >= 0.3 is 7.12 Å². The Morgan fingerprint density at radius 3 is 2.64 bits per heavy atom. The number of benzene rings is 1. The van der Waals surface area contributed by atoms with Crippen LogP contribution in [0.15, 0.2) is 0 Å². The number of rotatable bonds is 0. The Morgan fingerprint density at radius 2 is 2.00 bits per heavy atom. The molecule has 74 valence electrons. The van der Waals surface area contributed by atoms with Gasteiger partial charge in [-0.3, -0.25) is 0 Å². The third kappa shape index (κ3) is 1.11. The molecule has 0 radical (unpaired) electrons. The zero-order valence-electron chi connectivity index (χ0n) is 6.72. The molecular formula is C7H4BClF2O3. The molecule has 1 aliphatic rings. The second-order valence-corrected chi connectivity index (χ2v) is 3.22. The number of halogens is 3. The Labute approximate surface area is 83.0 Å². The number of phenolic OH excluding ortho intramolecular Hbond substituents is 1. The van der Waals surface area contributed by atoms with Crippen LogP contribution in [-0.2, 0) is 11.3 Å². The lowest BCUT2D eigenvalue weighted by Gasteiger charge is -2.06. The van der Waals surface area contributed by atoms with Crippen molar-refractivity contribution in [1.29, 1.82) is 0 Å². The van der Waals surface area contributed by atoms with Gasteiger partial charge in [-0.2, -0.15) is 4.39 Å². The topological polar surface area (TPSA) is 49.7 Å². The quantitative estimate of drug-likeness (QED) is 0.496. The molecule has 0 unspecified atom stereocenters. The van der Waals surface area contributed by atoms with Gasteiger partial charge in [-0.25, -0.2) is 4.39 Å². The van der Waals surface area contributed by atoms with Crippen LogP contribution < -0.4 is 5.46 Å². The van der Waals surface area contributed by atoms with Crippen molar-refractivity contribution < 1.29 is 23.6 Å². The fourth-order valence-corrected chi connectivity index (χ4v) is 1.65. The van der Waals surface area contributed by atoms with E-state index in [9.17, 15) is 13.8 Å². The maximum atomic E-state index is 13.1. The molecule has 1 aliphatic heterocycles. The summed E-state index contributed by atoms with van der Waals surface area (Å²) in [6.45, 7) is -0.265. The first-order valence-electron chi connectivity index (χ1n) is 3.72. The Morgan fingerprint density at radius 1 is 1.36 bits per heavy atom.